The van der Waals surface area contributed by atoms with Gasteiger partial charge in [0.05, 0.1) is 6.61 Å². The Morgan fingerprint density at radius 2 is 1.94 bits per heavy atom. The number of carbonyl (C=O) groups excluding carboxylic acids is 1. The summed E-state index contributed by atoms with van der Waals surface area (Å²) in [6.07, 6.45) is 0. The molecule has 0 radical (unpaired) electrons. The first kappa shape index (κ1) is 13.9. The monoisotopic (exact) mass is 253 g/mol. The van der Waals surface area contributed by atoms with Crippen molar-refractivity contribution in [1.29, 1.82) is 0 Å². The summed E-state index contributed by atoms with van der Waals surface area (Å²) in [6, 6.07) is 7.53. The van der Waals surface area contributed by atoms with Crippen molar-refractivity contribution >= 4 is 23.4 Å². The molecule has 1 aromatic rings. The number of hydrogen-bond acceptors (Lipinski definition) is 4. The van der Waals surface area contributed by atoms with Gasteiger partial charge in [0, 0.05) is 10.6 Å². The van der Waals surface area contributed by atoms with Crippen LogP contribution in [0.1, 0.15) is 20.8 Å². The third-order valence-corrected chi connectivity index (χ3v) is 3.80. The lowest BCUT2D eigenvalue weighted by molar-refractivity contribution is -0.143. The van der Waals surface area contributed by atoms with Crippen LogP contribution in [0.2, 0.25) is 0 Å². The second-order valence-electron chi connectivity index (χ2n) is 4.10. The third kappa shape index (κ3) is 4.30. The number of anilines is 1. The SMILES string of the molecule is CCOC(=O)C(Sc1ccc(N)cc1)C(C)C. The van der Waals surface area contributed by atoms with Crippen LogP contribution in [-0.2, 0) is 9.53 Å². The van der Waals surface area contributed by atoms with Crippen molar-refractivity contribution in [2.75, 3.05) is 12.3 Å². The molecule has 2 N–H and O–H groups in total. The molecule has 1 atom stereocenters. The van der Waals surface area contributed by atoms with Crippen LogP contribution in [0.25, 0.3) is 0 Å². The number of hydrogen-bond donors (Lipinski definition) is 1. The Bertz CT molecular complexity index is 362. The first-order valence-electron chi connectivity index (χ1n) is 5.73. The van der Waals surface area contributed by atoms with Gasteiger partial charge in [-0.05, 0) is 37.1 Å². The van der Waals surface area contributed by atoms with Crippen molar-refractivity contribution in [2.24, 2.45) is 5.92 Å². The number of nitrogen functional groups attached to an aromatic ring is 1. The van der Waals surface area contributed by atoms with Gasteiger partial charge in [0.25, 0.3) is 0 Å². The summed E-state index contributed by atoms with van der Waals surface area (Å²) < 4.78 is 5.08. The summed E-state index contributed by atoms with van der Waals surface area (Å²) in [7, 11) is 0. The number of ether oxygens (including phenoxy) is 1. The summed E-state index contributed by atoms with van der Waals surface area (Å²) in [5, 5.41) is -0.168. The standard InChI is InChI=1S/C13H19NO2S/c1-4-16-13(15)12(9(2)3)17-11-7-5-10(14)6-8-11/h5-9,12H,4,14H2,1-3H3. The Kier molecular flexibility index (Phi) is 5.35. The molecule has 0 amide bonds. The number of rotatable bonds is 5. The van der Waals surface area contributed by atoms with Gasteiger partial charge in [-0.2, -0.15) is 0 Å². The van der Waals surface area contributed by atoms with Crippen molar-refractivity contribution in [3.05, 3.63) is 24.3 Å². The molecule has 0 aromatic heterocycles. The summed E-state index contributed by atoms with van der Waals surface area (Å²) >= 11 is 1.52. The average Bonchev–Trinajstić information content (AvgIpc) is 2.28. The Labute approximate surface area is 107 Å². The van der Waals surface area contributed by atoms with E-state index in [0.29, 0.717) is 6.61 Å². The minimum atomic E-state index is -0.168. The minimum Gasteiger partial charge on any atom is -0.465 e. The van der Waals surface area contributed by atoms with Gasteiger partial charge in [-0.15, -0.1) is 11.8 Å². The summed E-state index contributed by atoms with van der Waals surface area (Å²) in [5.41, 5.74) is 6.35. The van der Waals surface area contributed by atoms with E-state index >= 15 is 0 Å². The first-order chi connectivity index (χ1) is 8.04. The van der Waals surface area contributed by atoms with Gasteiger partial charge >= 0.3 is 5.97 Å². The van der Waals surface area contributed by atoms with Gasteiger partial charge < -0.3 is 10.5 Å². The summed E-state index contributed by atoms with van der Waals surface area (Å²) in [5.74, 6) is 0.0842. The zero-order chi connectivity index (χ0) is 12.8. The highest BCUT2D eigenvalue weighted by molar-refractivity contribution is 8.00. The van der Waals surface area contributed by atoms with Crippen LogP contribution in [-0.4, -0.2) is 17.8 Å². The number of benzene rings is 1. The molecule has 1 aromatic carbocycles. The maximum Gasteiger partial charge on any atom is 0.319 e. The normalized spacial score (nSPS) is 12.5. The van der Waals surface area contributed by atoms with E-state index in [1.807, 2.05) is 45.0 Å². The molecule has 0 heterocycles. The average molecular weight is 253 g/mol. The zero-order valence-corrected chi connectivity index (χ0v) is 11.3. The smallest absolute Gasteiger partial charge is 0.319 e. The second kappa shape index (κ2) is 6.55. The number of nitrogens with two attached hydrogens (primary N) is 1. The molecule has 0 bridgehead atoms. The highest BCUT2D eigenvalue weighted by atomic mass is 32.2. The molecular formula is C13H19NO2S. The topological polar surface area (TPSA) is 52.3 Å². The molecule has 94 valence electrons. The molecule has 0 aliphatic heterocycles. The highest BCUT2D eigenvalue weighted by Crippen LogP contribution is 2.29. The molecule has 4 heteroatoms. The maximum absolute atomic E-state index is 11.8. The van der Waals surface area contributed by atoms with E-state index in [1.165, 1.54) is 11.8 Å². The van der Waals surface area contributed by atoms with E-state index in [1.54, 1.807) is 0 Å². The second-order valence-corrected chi connectivity index (χ2v) is 5.32. The van der Waals surface area contributed by atoms with Crippen LogP contribution in [0.15, 0.2) is 29.2 Å². The lowest BCUT2D eigenvalue weighted by Gasteiger charge is -2.18. The molecule has 0 saturated heterocycles. The summed E-state index contributed by atoms with van der Waals surface area (Å²) in [6.45, 7) is 6.28. The van der Waals surface area contributed by atoms with E-state index < -0.39 is 0 Å². The van der Waals surface area contributed by atoms with Gasteiger partial charge in [0.2, 0.25) is 0 Å². The fourth-order valence-electron chi connectivity index (χ4n) is 1.37. The van der Waals surface area contributed by atoms with Crippen LogP contribution in [0.4, 0.5) is 5.69 Å². The van der Waals surface area contributed by atoms with Gasteiger partial charge in [-0.25, -0.2) is 0 Å². The Hall–Kier alpha value is -1.16. The van der Waals surface area contributed by atoms with Crippen molar-refractivity contribution in [2.45, 2.75) is 30.9 Å². The predicted octanol–water partition coefficient (Wildman–Crippen LogP) is 2.95. The van der Waals surface area contributed by atoms with Gasteiger partial charge in [0.1, 0.15) is 5.25 Å². The lowest BCUT2D eigenvalue weighted by Crippen LogP contribution is -2.25. The predicted molar refractivity (Wildman–Crippen MR) is 72.0 cm³/mol. The molecule has 0 fully saturated rings. The molecule has 0 aliphatic rings. The van der Waals surface area contributed by atoms with E-state index in [4.69, 9.17) is 10.5 Å². The van der Waals surface area contributed by atoms with Gasteiger partial charge in [-0.1, -0.05) is 13.8 Å². The Morgan fingerprint density at radius 1 is 1.35 bits per heavy atom. The fraction of sp³-hybridized carbons (Fsp3) is 0.462. The number of esters is 1. The molecule has 1 rings (SSSR count). The van der Waals surface area contributed by atoms with E-state index in [2.05, 4.69) is 0 Å². The van der Waals surface area contributed by atoms with E-state index in [9.17, 15) is 4.79 Å². The Morgan fingerprint density at radius 3 is 2.41 bits per heavy atom. The molecule has 0 aliphatic carbocycles. The van der Waals surface area contributed by atoms with Crippen LogP contribution in [0, 0.1) is 5.92 Å². The van der Waals surface area contributed by atoms with Crippen LogP contribution >= 0.6 is 11.8 Å². The molecule has 17 heavy (non-hydrogen) atoms. The van der Waals surface area contributed by atoms with Crippen molar-refractivity contribution in [3.8, 4) is 0 Å². The molecule has 3 nitrogen and oxygen atoms in total. The van der Waals surface area contributed by atoms with Gasteiger partial charge in [-0.3, -0.25) is 4.79 Å². The van der Waals surface area contributed by atoms with Crippen LogP contribution in [0.5, 0.6) is 0 Å². The molecule has 1 unspecified atom stereocenters. The van der Waals surface area contributed by atoms with Crippen molar-refractivity contribution in [1.82, 2.24) is 0 Å². The van der Waals surface area contributed by atoms with Crippen molar-refractivity contribution < 1.29 is 9.53 Å². The quantitative estimate of drug-likeness (QED) is 0.498. The number of thioether (sulfide) groups is 1. The fourth-order valence-corrected chi connectivity index (χ4v) is 2.40. The number of carbonyl (C=O) groups is 1. The summed E-state index contributed by atoms with van der Waals surface area (Å²) in [4.78, 5) is 12.8. The lowest BCUT2D eigenvalue weighted by atomic mass is 10.1. The van der Waals surface area contributed by atoms with E-state index in [-0.39, 0.29) is 17.1 Å². The largest absolute Gasteiger partial charge is 0.465 e. The van der Waals surface area contributed by atoms with Crippen LogP contribution in [0.3, 0.4) is 0 Å². The molecule has 0 spiro atoms. The highest BCUT2D eigenvalue weighted by Gasteiger charge is 2.24. The molecular weight excluding hydrogens is 234 g/mol. The first-order valence-corrected chi connectivity index (χ1v) is 6.61. The van der Waals surface area contributed by atoms with E-state index in [0.717, 1.165) is 10.6 Å². The zero-order valence-electron chi connectivity index (χ0n) is 10.5. The van der Waals surface area contributed by atoms with Crippen molar-refractivity contribution in [3.63, 3.8) is 0 Å². The van der Waals surface area contributed by atoms with Gasteiger partial charge in [0.15, 0.2) is 0 Å². The maximum atomic E-state index is 11.8. The van der Waals surface area contributed by atoms with Crippen LogP contribution < -0.4 is 5.73 Å². The minimum absolute atomic E-state index is 0.149. The Balaban J connectivity index is 2.73. The third-order valence-electron chi connectivity index (χ3n) is 2.27. The molecule has 0 saturated carbocycles.